The van der Waals surface area contributed by atoms with E-state index in [1.165, 1.54) is 12.1 Å². The second-order valence-electron chi connectivity index (χ2n) is 3.49. The van der Waals surface area contributed by atoms with Gasteiger partial charge < -0.3 is 9.52 Å². The van der Waals surface area contributed by atoms with Gasteiger partial charge in [-0.1, -0.05) is 0 Å². The van der Waals surface area contributed by atoms with E-state index in [-0.39, 0.29) is 11.1 Å². The zero-order valence-electron chi connectivity index (χ0n) is 8.33. The molecule has 0 atom stereocenters. The van der Waals surface area contributed by atoms with Crippen molar-refractivity contribution in [2.75, 3.05) is 0 Å². The zero-order chi connectivity index (χ0) is 11.9. The number of aryl methyl sites for hydroxylation is 1. The van der Waals surface area contributed by atoms with E-state index in [9.17, 15) is 13.6 Å². The Bertz CT molecular complexity index is 558. The lowest BCUT2D eigenvalue weighted by molar-refractivity contribution is 0.0696. The minimum absolute atomic E-state index is 0.00611. The number of carbonyl (C=O) groups is 1. The quantitative estimate of drug-likeness (QED) is 0.853. The number of aromatic carboxylic acids is 1. The third-order valence-corrected chi connectivity index (χ3v) is 2.23. The molecule has 1 aromatic carbocycles. The van der Waals surface area contributed by atoms with Crippen LogP contribution in [0.15, 0.2) is 22.6 Å². The Labute approximate surface area is 89.3 Å². The van der Waals surface area contributed by atoms with Crippen molar-refractivity contribution in [2.24, 2.45) is 0 Å². The highest BCUT2D eigenvalue weighted by molar-refractivity contribution is 6.01. The highest BCUT2D eigenvalue weighted by Crippen LogP contribution is 2.30. The molecule has 5 heteroatoms. The van der Waals surface area contributed by atoms with Crippen LogP contribution in [0.3, 0.4) is 0 Å². The lowest BCUT2D eigenvalue weighted by atomic mass is 10.1. The van der Waals surface area contributed by atoms with Crippen LogP contribution in [0, 0.1) is 6.92 Å². The van der Waals surface area contributed by atoms with E-state index in [0.717, 1.165) is 0 Å². The molecular formula is C11H8F2O3. The molecule has 1 N–H and O–H groups in total. The Balaban J connectivity index is 2.75. The number of rotatable bonds is 2. The minimum Gasteiger partial charge on any atom is -0.478 e. The van der Waals surface area contributed by atoms with E-state index in [0.29, 0.717) is 10.9 Å². The van der Waals surface area contributed by atoms with Gasteiger partial charge in [-0.2, -0.15) is 0 Å². The van der Waals surface area contributed by atoms with Crippen LogP contribution in [0.1, 0.15) is 28.1 Å². The van der Waals surface area contributed by atoms with Gasteiger partial charge in [0.2, 0.25) is 0 Å². The Morgan fingerprint density at radius 3 is 2.62 bits per heavy atom. The summed E-state index contributed by atoms with van der Waals surface area (Å²) in [4.78, 5) is 10.9. The van der Waals surface area contributed by atoms with E-state index in [2.05, 4.69) is 0 Å². The number of furan rings is 1. The van der Waals surface area contributed by atoms with Crippen molar-refractivity contribution in [3.63, 3.8) is 0 Å². The molecule has 16 heavy (non-hydrogen) atoms. The Morgan fingerprint density at radius 1 is 1.38 bits per heavy atom. The zero-order valence-corrected chi connectivity index (χ0v) is 8.33. The SMILES string of the molecule is Cc1cc(C(=O)O)c2oc(C(F)F)cc2c1. The van der Waals surface area contributed by atoms with Gasteiger partial charge in [0.05, 0.1) is 0 Å². The van der Waals surface area contributed by atoms with Gasteiger partial charge in [0.1, 0.15) is 11.1 Å². The maximum absolute atomic E-state index is 12.4. The fourth-order valence-electron chi connectivity index (χ4n) is 1.59. The monoisotopic (exact) mass is 226 g/mol. The molecule has 2 rings (SSSR count). The standard InChI is InChI=1S/C11H8F2O3/c1-5-2-6-4-8(10(12)13)16-9(6)7(3-5)11(14)15/h2-4,10H,1H3,(H,14,15). The van der Waals surface area contributed by atoms with E-state index in [1.807, 2.05) is 0 Å². The van der Waals surface area contributed by atoms with Gasteiger partial charge in [-0.3, -0.25) is 0 Å². The Hall–Kier alpha value is -1.91. The average molecular weight is 226 g/mol. The summed E-state index contributed by atoms with van der Waals surface area (Å²) in [6, 6.07) is 4.17. The van der Waals surface area contributed by atoms with Crippen LogP contribution in [-0.4, -0.2) is 11.1 Å². The Morgan fingerprint density at radius 2 is 2.06 bits per heavy atom. The molecule has 0 aliphatic heterocycles. The summed E-state index contributed by atoms with van der Waals surface area (Å²) in [6.45, 7) is 1.70. The first-order valence-corrected chi connectivity index (χ1v) is 4.54. The Kier molecular flexibility index (Phi) is 2.38. The van der Waals surface area contributed by atoms with Gasteiger partial charge in [0.15, 0.2) is 5.76 Å². The van der Waals surface area contributed by atoms with Crippen molar-refractivity contribution >= 4 is 16.9 Å². The van der Waals surface area contributed by atoms with Crippen molar-refractivity contribution in [2.45, 2.75) is 13.3 Å². The smallest absolute Gasteiger partial charge is 0.339 e. The molecule has 3 nitrogen and oxygen atoms in total. The van der Waals surface area contributed by atoms with Gasteiger partial charge in [-0.05, 0) is 30.7 Å². The van der Waals surface area contributed by atoms with E-state index >= 15 is 0 Å². The van der Waals surface area contributed by atoms with Crippen molar-refractivity contribution in [1.82, 2.24) is 0 Å². The highest BCUT2D eigenvalue weighted by atomic mass is 19.3. The second kappa shape index (κ2) is 3.59. The van der Waals surface area contributed by atoms with Crippen molar-refractivity contribution in [1.29, 1.82) is 0 Å². The van der Waals surface area contributed by atoms with Crippen molar-refractivity contribution in [3.8, 4) is 0 Å². The summed E-state index contributed by atoms with van der Waals surface area (Å²) >= 11 is 0. The largest absolute Gasteiger partial charge is 0.478 e. The summed E-state index contributed by atoms with van der Waals surface area (Å²) in [5.74, 6) is -1.70. The molecule has 84 valence electrons. The normalized spacial score (nSPS) is 11.2. The average Bonchev–Trinajstić information content (AvgIpc) is 2.59. The van der Waals surface area contributed by atoms with Gasteiger partial charge in [0.25, 0.3) is 6.43 Å². The molecule has 0 bridgehead atoms. The molecule has 2 aromatic rings. The first kappa shape index (κ1) is 10.6. The van der Waals surface area contributed by atoms with E-state index < -0.39 is 18.2 Å². The maximum Gasteiger partial charge on any atom is 0.339 e. The first-order valence-electron chi connectivity index (χ1n) is 4.54. The van der Waals surface area contributed by atoms with Crippen LogP contribution >= 0.6 is 0 Å². The molecule has 0 spiro atoms. The number of hydrogen-bond acceptors (Lipinski definition) is 2. The van der Waals surface area contributed by atoms with Crippen molar-refractivity contribution < 1.29 is 23.1 Å². The third kappa shape index (κ3) is 1.64. The molecule has 1 heterocycles. The topological polar surface area (TPSA) is 50.4 Å². The summed E-state index contributed by atoms with van der Waals surface area (Å²) in [5, 5.41) is 9.29. The molecule has 0 fully saturated rings. The number of hydrogen-bond donors (Lipinski definition) is 1. The number of benzene rings is 1. The predicted octanol–water partition coefficient (Wildman–Crippen LogP) is 3.38. The summed E-state index contributed by atoms with van der Waals surface area (Å²) in [6.07, 6.45) is -2.74. The van der Waals surface area contributed by atoms with Crippen LogP contribution in [-0.2, 0) is 0 Å². The number of halogens is 2. The van der Waals surface area contributed by atoms with Crippen LogP contribution in [0.2, 0.25) is 0 Å². The van der Waals surface area contributed by atoms with Crippen LogP contribution in [0.5, 0.6) is 0 Å². The summed E-state index contributed by atoms with van der Waals surface area (Å²) in [7, 11) is 0. The molecule has 0 saturated heterocycles. The molecule has 0 aliphatic rings. The molecule has 0 aliphatic carbocycles. The molecular weight excluding hydrogens is 218 g/mol. The fourth-order valence-corrected chi connectivity index (χ4v) is 1.59. The number of carboxylic acid groups (broad SMARTS) is 1. The number of carboxylic acids is 1. The highest BCUT2D eigenvalue weighted by Gasteiger charge is 2.18. The van der Waals surface area contributed by atoms with E-state index in [4.69, 9.17) is 9.52 Å². The molecule has 0 amide bonds. The molecule has 0 radical (unpaired) electrons. The van der Waals surface area contributed by atoms with Gasteiger partial charge >= 0.3 is 5.97 Å². The summed E-state index contributed by atoms with van der Waals surface area (Å²) < 4.78 is 29.6. The molecule has 1 aromatic heterocycles. The number of fused-ring (bicyclic) bond motifs is 1. The van der Waals surface area contributed by atoms with Gasteiger partial charge in [-0.15, -0.1) is 0 Å². The first-order chi connectivity index (χ1) is 7.49. The fraction of sp³-hybridized carbons (Fsp3) is 0.182. The predicted molar refractivity (Wildman–Crippen MR) is 52.9 cm³/mol. The van der Waals surface area contributed by atoms with Gasteiger partial charge in [-0.25, -0.2) is 13.6 Å². The van der Waals surface area contributed by atoms with Gasteiger partial charge in [0, 0.05) is 5.39 Å². The van der Waals surface area contributed by atoms with E-state index in [1.54, 1.807) is 13.0 Å². The summed E-state index contributed by atoms with van der Waals surface area (Å²) in [5.41, 5.74) is 0.585. The third-order valence-electron chi connectivity index (χ3n) is 2.23. The van der Waals surface area contributed by atoms with Crippen LogP contribution < -0.4 is 0 Å². The molecule has 0 saturated carbocycles. The lowest BCUT2D eigenvalue weighted by Gasteiger charge is -1.98. The van der Waals surface area contributed by atoms with Crippen molar-refractivity contribution in [3.05, 3.63) is 35.1 Å². The maximum atomic E-state index is 12.4. The molecule has 0 unspecified atom stereocenters. The second-order valence-corrected chi connectivity index (χ2v) is 3.49. The lowest BCUT2D eigenvalue weighted by Crippen LogP contribution is -1.96. The number of alkyl halides is 2. The van der Waals surface area contributed by atoms with Crippen LogP contribution in [0.25, 0.3) is 11.0 Å². The minimum atomic E-state index is -2.74. The van der Waals surface area contributed by atoms with Crippen LogP contribution in [0.4, 0.5) is 8.78 Å².